The summed E-state index contributed by atoms with van der Waals surface area (Å²) in [7, 11) is 3.15. The monoisotopic (exact) mass is 286 g/mol. The second-order valence-corrected chi connectivity index (χ2v) is 4.31. The number of benzene rings is 2. The minimum atomic E-state index is -0.0418. The summed E-state index contributed by atoms with van der Waals surface area (Å²) in [6, 6.07) is 14.9. The molecule has 0 unspecified atom stereocenters. The number of aliphatic hydroxyl groups is 1. The largest absolute Gasteiger partial charge is 0.493 e. The topological polar surface area (TPSA) is 47.9 Å². The summed E-state index contributed by atoms with van der Waals surface area (Å²) in [5.74, 6) is 1.73. The molecule has 0 spiro atoms. The van der Waals surface area contributed by atoms with Gasteiger partial charge in [-0.1, -0.05) is 36.4 Å². The van der Waals surface area contributed by atoms with Crippen LogP contribution in [-0.4, -0.2) is 19.3 Å². The highest BCUT2D eigenvalue weighted by molar-refractivity contribution is 5.59. The van der Waals surface area contributed by atoms with E-state index in [4.69, 9.17) is 19.3 Å². The van der Waals surface area contributed by atoms with Gasteiger partial charge in [0.1, 0.15) is 6.26 Å². The van der Waals surface area contributed by atoms with Crippen molar-refractivity contribution in [3.8, 4) is 11.5 Å². The fraction of sp³-hybridized carbons (Fsp3) is 0.176. The van der Waals surface area contributed by atoms with E-state index >= 15 is 0 Å². The Morgan fingerprint density at radius 1 is 1.05 bits per heavy atom. The fourth-order valence-electron chi connectivity index (χ4n) is 1.86. The van der Waals surface area contributed by atoms with E-state index in [1.807, 2.05) is 30.3 Å². The third kappa shape index (κ3) is 3.77. The minimum Gasteiger partial charge on any atom is -0.493 e. The van der Waals surface area contributed by atoms with Crippen LogP contribution in [0.15, 0.2) is 54.8 Å². The zero-order valence-corrected chi connectivity index (χ0v) is 12.1. The predicted molar refractivity (Wildman–Crippen MR) is 81.0 cm³/mol. The Morgan fingerprint density at radius 3 is 2.43 bits per heavy atom. The summed E-state index contributed by atoms with van der Waals surface area (Å²) in [6.07, 6.45) is 1.53. The lowest BCUT2D eigenvalue weighted by molar-refractivity contribution is 0.280. The van der Waals surface area contributed by atoms with E-state index in [-0.39, 0.29) is 6.61 Å². The van der Waals surface area contributed by atoms with Crippen molar-refractivity contribution in [3.05, 3.63) is 65.9 Å². The Labute approximate surface area is 124 Å². The van der Waals surface area contributed by atoms with Crippen LogP contribution >= 0.6 is 0 Å². The van der Waals surface area contributed by atoms with Gasteiger partial charge in [0.05, 0.1) is 20.8 Å². The maximum atomic E-state index is 9.13. The molecule has 4 nitrogen and oxygen atoms in total. The van der Waals surface area contributed by atoms with Crippen LogP contribution in [0.2, 0.25) is 0 Å². The number of methoxy groups -OCH3 is 2. The highest BCUT2D eigenvalue weighted by Gasteiger charge is 2.06. The highest BCUT2D eigenvalue weighted by atomic mass is 16.5. The molecule has 0 radical (unpaired) electrons. The zero-order valence-electron chi connectivity index (χ0n) is 12.1. The van der Waals surface area contributed by atoms with Crippen molar-refractivity contribution >= 4 is 5.76 Å². The first-order chi connectivity index (χ1) is 10.3. The minimum absolute atomic E-state index is 0.0418. The van der Waals surface area contributed by atoms with Crippen molar-refractivity contribution in [3.63, 3.8) is 0 Å². The quantitative estimate of drug-likeness (QED) is 0.828. The van der Waals surface area contributed by atoms with Crippen LogP contribution in [0.25, 0.3) is 5.76 Å². The van der Waals surface area contributed by atoms with E-state index in [0.717, 1.165) is 11.1 Å². The number of ether oxygens (including phenoxy) is 3. The van der Waals surface area contributed by atoms with Crippen molar-refractivity contribution in [2.24, 2.45) is 0 Å². The van der Waals surface area contributed by atoms with Crippen molar-refractivity contribution in [1.82, 2.24) is 0 Å². The fourth-order valence-corrected chi connectivity index (χ4v) is 1.86. The Bertz CT molecular complexity index is 605. The van der Waals surface area contributed by atoms with Gasteiger partial charge in [0.15, 0.2) is 17.3 Å². The Balaban J connectivity index is 2.23. The van der Waals surface area contributed by atoms with Crippen molar-refractivity contribution in [2.75, 3.05) is 14.2 Å². The van der Waals surface area contributed by atoms with Gasteiger partial charge in [0.25, 0.3) is 0 Å². The molecule has 2 rings (SSSR count). The van der Waals surface area contributed by atoms with Crippen LogP contribution in [0.3, 0.4) is 0 Å². The molecule has 0 aliphatic carbocycles. The van der Waals surface area contributed by atoms with Gasteiger partial charge < -0.3 is 19.3 Å². The molecule has 0 saturated heterocycles. The summed E-state index contributed by atoms with van der Waals surface area (Å²) in [4.78, 5) is 0. The molecular formula is C17H18O4. The molecule has 21 heavy (non-hydrogen) atoms. The number of aliphatic hydroxyl groups excluding tert-OH is 1. The Kier molecular flexibility index (Phi) is 5.23. The van der Waals surface area contributed by atoms with Crippen LogP contribution in [-0.2, 0) is 11.3 Å². The molecular weight excluding hydrogens is 268 g/mol. The molecule has 2 aromatic rings. The van der Waals surface area contributed by atoms with Crippen molar-refractivity contribution in [1.29, 1.82) is 0 Å². The summed E-state index contributed by atoms with van der Waals surface area (Å²) < 4.78 is 16.2. The normalized spacial score (nSPS) is 11.1. The molecule has 0 aromatic heterocycles. The van der Waals surface area contributed by atoms with Crippen LogP contribution in [0.1, 0.15) is 11.1 Å². The maximum absolute atomic E-state index is 9.13. The summed E-state index contributed by atoms with van der Waals surface area (Å²) in [6.45, 7) is -0.0418. The third-order valence-corrected chi connectivity index (χ3v) is 2.98. The Morgan fingerprint density at radius 2 is 1.81 bits per heavy atom. The van der Waals surface area contributed by atoms with Crippen LogP contribution in [0.5, 0.6) is 11.5 Å². The first-order valence-corrected chi connectivity index (χ1v) is 6.52. The molecule has 0 amide bonds. The lowest BCUT2D eigenvalue weighted by Gasteiger charge is -2.10. The van der Waals surface area contributed by atoms with Crippen LogP contribution < -0.4 is 9.47 Å². The molecule has 1 N–H and O–H groups in total. The summed E-state index contributed by atoms with van der Waals surface area (Å²) in [5.41, 5.74) is 1.68. The second-order valence-electron chi connectivity index (χ2n) is 4.31. The highest BCUT2D eigenvalue weighted by Crippen LogP contribution is 2.29. The van der Waals surface area contributed by atoms with E-state index in [2.05, 4.69) is 0 Å². The average molecular weight is 286 g/mol. The van der Waals surface area contributed by atoms with E-state index in [1.165, 1.54) is 6.26 Å². The molecule has 0 atom stereocenters. The van der Waals surface area contributed by atoms with Gasteiger partial charge in [0.2, 0.25) is 0 Å². The third-order valence-electron chi connectivity index (χ3n) is 2.98. The predicted octanol–water partition coefficient (Wildman–Crippen LogP) is 3.21. The van der Waals surface area contributed by atoms with Gasteiger partial charge in [-0.2, -0.15) is 0 Å². The van der Waals surface area contributed by atoms with Crippen LogP contribution in [0, 0.1) is 0 Å². The van der Waals surface area contributed by atoms with E-state index in [9.17, 15) is 0 Å². The number of rotatable bonds is 6. The van der Waals surface area contributed by atoms with Crippen molar-refractivity contribution in [2.45, 2.75) is 6.61 Å². The summed E-state index contributed by atoms with van der Waals surface area (Å²) >= 11 is 0. The van der Waals surface area contributed by atoms with Gasteiger partial charge >= 0.3 is 0 Å². The SMILES string of the molecule is COC(=COc1ccc(CO)cc1OC)c1ccccc1. The first-order valence-electron chi connectivity index (χ1n) is 6.52. The molecule has 2 aromatic carbocycles. The van der Waals surface area contributed by atoms with Gasteiger partial charge in [0, 0.05) is 5.56 Å². The van der Waals surface area contributed by atoms with Gasteiger partial charge in [-0.15, -0.1) is 0 Å². The lowest BCUT2D eigenvalue weighted by Crippen LogP contribution is -1.95. The molecule has 0 heterocycles. The standard InChI is InChI=1S/C17H18O4/c1-19-16-10-13(11-18)8-9-15(16)21-12-17(20-2)14-6-4-3-5-7-14/h3-10,12,18H,11H2,1-2H3. The molecule has 0 aliphatic heterocycles. The van der Waals surface area contributed by atoms with E-state index in [0.29, 0.717) is 17.3 Å². The molecule has 0 fully saturated rings. The second kappa shape index (κ2) is 7.36. The molecule has 0 bridgehead atoms. The van der Waals surface area contributed by atoms with Gasteiger partial charge in [-0.05, 0) is 17.7 Å². The first kappa shape index (κ1) is 14.9. The number of hydrogen-bond donors (Lipinski definition) is 1. The molecule has 110 valence electrons. The van der Waals surface area contributed by atoms with E-state index in [1.54, 1.807) is 32.4 Å². The van der Waals surface area contributed by atoms with E-state index < -0.39 is 0 Å². The smallest absolute Gasteiger partial charge is 0.168 e. The van der Waals surface area contributed by atoms with Crippen LogP contribution in [0.4, 0.5) is 0 Å². The molecule has 0 saturated carbocycles. The lowest BCUT2D eigenvalue weighted by atomic mass is 10.2. The molecule has 0 aliphatic rings. The maximum Gasteiger partial charge on any atom is 0.168 e. The molecule has 4 heteroatoms. The van der Waals surface area contributed by atoms with Gasteiger partial charge in [-0.3, -0.25) is 0 Å². The zero-order chi connectivity index (χ0) is 15.1. The average Bonchev–Trinajstić information content (AvgIpc) is 2.56. The Hall–Kier alpha value is -2.46. The van der Waals surface area contributed by atoms with Gasteiger partial charge in [-0.25, -0.2) is 0 Å². The number of hydrogen-bond acceptors (Lipinski definition) is 4. The summed E-state index contributed by atoms with van der Waals surface area (Å²) in [5, 5.41) is 9.13. The van der Waals surface area contributed by atoms with Crippen molar-refractivity contribution < 1.29 is 19.3 Å².